The van der Waals surface area contributed by atoms with Crippen LogP contribution < -0.4 is 5.43 Å². The molecule has 0 radical (unpaired) electrons. The number of hydrazone groups is 1. The van der Waals surface area contributed by atoms with E-state index in [2.05, 4.69) is 15.5 Å². The summed E-state index contributed by atoms with van der Waals surface area (Å²) in [6, 6.07) is 7.30. The zero-order valence-corrected chi connectivity index (χ0v) is 10.7. The third kappa shape index (κ3) is 2.53. The minimum atomic E-state index is -0.252. The molecule has 0 unspecified atom stereocenters. The minimum Gasteiger partial charge on any atom is -0.307 e. The fourth-order valence-electron chi connectivity index (χ4n) is 1.64. The van der Waals surface area contributed by atoms with Crippen molar-refractivity contribution in [1.82, 2.24) is 14.8 Å². The Morgan fingerprint density at radius 2 is 2.37 bits per heavy atom. The lowest BCUT2D eigenvalue weighted by atomic mass is 10.2. The Bertz CT molecular complexity index is 730. The van der Waals surface area contributed by atoms with Crippen molar-refractivity contribution in [2.75, 3.05) is 0 Å². The summed E-state index contributed by atoms with van der Waals surface area (Å²) < 4.78 is 1.84. The van der Waals surface area contributed by atoms with Crippen LogP contribution in [0, 0.1) is 0 Å². The Balaban J connectivity index is 1.72. The van der Waals surface area contributed by atoms with Gasteiger partial charge in [-0.3, -0.25) is 4.79 Å². The van der Waals surface area contributed by atoms with E-state index in [0.29, 0.717) is 5.56 Å². The molecular weight excluding hydrogens is 260 g/mol. The molecule has 1 N–H and O–H groups in total. The van der Waals surface area contributed by atoms with E-state index < -0.39 is 0 Å². The molecule has 3 aromatic heterocycles. The second-order valence-corrected chi connectivity index (χ2v) is 4.80. The topological polar surface area (TPSA) is 58.8 Å². The SMILES string of the molecule is O=C(NN=Cc1cccs1)c1ccn2ccnc2c1. The van der Waals surface area contributed by atoms with E-state index in [-0.39, 0.29) is 5.91 Å². The van der Waals surface area contributed by atoms with Crippen LogP contribution in [0.1, 0.15) is 15.2 Å². The summed E-state index contributed by atoms with van der Waals surface area (Å²) in [5, 5.41) is 5.87. The van der Waals surface area contributed by atoms with Crippen LogP contribution in [0.25, 0.3) is 5.65 Å². The third-order valence-electron chi connectivity index (χ3n) is 2.56. The summed E-state index contributed by atoms with van der Waals surface area (Å²) in [5.74, 6) is -0.252. The number of aromatic nitrogens is 2. The first-order chi connectivity index (χ1) is 9.33. The van der Waals surface area contributed by atoms with E-state index in [4.69, 9.17) is 0 Å². The van der Waals surface area contributed by atoms with Gasteiger partial charge in [-0.25, -0.2) is 10.4 Å². The molecule has 94 valence electrons. The lowest BCUT2D eigenvalue weighted by molar-refractivity contribution is 0.0955. The molecule has 0 spiro atoms. The Kier molecular flexibility index (Phi) is 3.07. The van der Waals surface area contributed by atoms with Crippen molar-refractivity contribution in [2.45, 2.75) is 0 Å². The van der Waals surface area contributed by atoms with Gasteiger partial charge < -0.3 is 4.40 Å². The molecule has 0 aliphatic rings. The van der Waals surface area contributed by atoms with Crippen LogP contribution >= 0.6 is 11.3 Å². The number of hydrogen-bond acceptors (Lipinski definition) is 4. The van der Waals surface area contributed by atoms with E-state index in [1.807, 2.05) is 28.1 Å². The molecule has 0 aliphatic heterocycles. The highest BCUT2D eigenvalue weighted by molar-refractivity contribution is 7.11. The number of thiophene rings is 1. The maximum Gasteiger partial charge on any atom is 0.271 e. The predicted molar refractivity (Wildman–Crippen MR) is 74.6 cm³/mol. The first-order valence-electron chi connectivity index (χ1n) is 5.62. The maximum atomic E-state index is 11.9. The molecule has 3 rings (SSSR count). The summed E-state index contributed by atoms with van der Waals surface area (Å²) >= 11 is 1.56. The number of carbonyl (C=O) groups is 1. The van der Waals surface area contributed by atoms with E-state index in [1.54, 1.807) is 42.1 Å². The van der Waals surface area contributed by atoms with Crippen LogP contribution in [0.3, 0.4) is 0 Å². The quantitative estimate of drug-likeness (QED) is 0.585. The lowest BCUT2D eigenvalue weighted by Gasteiger charge is -2.00. The largest absolute Gasteiger partial charge is 0.307 e. The number of amides is 1. The fraction of sp³-hybridized carbons (Fsp3) is 0. The second-order valence-electron chi connectivity index (χ2n) is 3.82. The normalized spacial score (nSPS) is 11.2. The molecule has 0 saturated carbocycles. The summed E-state index contributed by atoms with van der Waals surface area (Å²) in [6.45, 7) is 0. The average Bonchev–Trinajstić information content (AvgIpc) is 3.08. The molecule has 3 aromatic rings. The van der Waals surface area contributed by atoms with Crippen LogP contribution in [-0.2, 0) is 0 Å². The van der Waals surface area contributed by atoms with Gasteiger partial charge in [-0.15, -0.1) is 11.3 Å². The van der Waals surface area contributed by atoms with Gasteiger partial charge in [0.25, 0.3) is 5.91 Å². The standard InChI is InChI=1S/C13H10N4OS/c18-13(16-15-9-11-2-1-7-19-11)10-3-5-17-6-4-14-12(17)8-10/h1-9H,(H,16,18). The number of pyridine rings is 1. The van der Waals surface area contributed by atoms with Crippen LogP contribution in [0.2, 0.25) is 0 Å². The molecule has 0 bridgehead atoms. The highest BCUT2D eigenvalue weighted by atomic mass is 32.1. The summed E-state index contributed by atoms with van der Waals surface area (Å²) in [6.07, 6.45) is 6.93. The first-order valence-corrected chi connectivity index (χ1v) is 6.50. The predicted octanol–water partition coefficient (Wildman–Crippen LogP) is 2.16. The minimum absolute atomic E-state index is 0.252. The third-order valence-corrected chi connectivity index (χ3v) is 3.37. The van der Waals surface area contributed by atoms with Gasteiger partial charge >= 0.3 is 0 Å². The molecular formula is C13H10N4OS. The van der Waals surface area contributed by atoms with Gasteiger partial charge in [-0.1, -0.05) is 6.07 Å². The molecule has 0 aromatic carbocycles. The number of nitrogens with one attached hydrogen (secondary N) is 1. The smallest absolute Gasteiger partial charge is 0.271 e. The second kappa shape index (κ2) is 5.03. The molecule has 6 heteroatoms. The lowest BCUT2D eigenvalue weighted by Crippen LogP contribution is -2.17. The summed E-state index contributed by atoms with van der Waals surface area (Å²) in [4.78, 5) is 17.0. The summed E-state index contributed by atoms with van der Waals surface area (Å²) in [7, 11) is 0. The van der Waals surface area contributed by atoms with Crippen molar-refractivity contribution in [3.63, 3.8) is 0 Å². The Morgan fingerprint density at radius 1 is 1.42 bits per heavy atom. The van der Waals surface area contributed by atoms with Crippen molar-refractivity contribution < 1.29 is 4.79 Å². The zero-order chi connectivity index (χ0) is 13.1. The van der Waals surface area contributed by atoms with Crippen molar-refractivity contribution in [3.05, 3.63) is 58.7 Å². The van der Waals surface area contributed by atoms with Crippen LogP contribution in [0.15, 0.2) is 53.3 Å². The zero-order valence-electron chi connectivity index (χ0n) is 9.85. The van der Waals surface area contributed by atoms with Gasteiger partial charge in [-0.2, -0.15) is 5.10 Å². The van der Waals surface area contributed by atoms with Crippen molar-refractivity contribution >= 4 is 29.1 Å². The maximum absolute atomic E-state index is 11.9. The molecule has 3 heterocycles. The van der Waals surface area contributed by atoms with Crippen molar-refractivity contribution in [1.29, 1.82) is 0 Å². The number of hydrogen-bond donors (Lipinski definition) is 1. The average molecular weight is 270 g/mol. The van der Waals surface area contributed by atoms with E-state index in [9.17, 15) is 4.79 Å². The van der Waals surface area contributed by atoms with E-state index >= 15 is 0 Å². The molecule has 19 heavy (non-hydrogen) atoms. The van der Waals surface area contributed by atoms with Crippen LogP contribution in [0.4, 0.5) is 0 Å². The van der Waals surface area contributed by atoms with Crippen molar-refractivity contribution in [2.24, 2.45) is 5.10 Å². The van der Waals surface area contributed by atoms with Gasteiger partial charge in [0.15, 0.2) is 0 Å². The van der Waals surface area contributed by atoms with Gasteiger partial charge in [0.2, 0.25) is 0 Å². The number of rotatable bonds is 3. The van der Waals surface area contributed by atoms with Gasteiger partial charge in [0, 0.05) is 29.0 Å². The Hall–Kier alpha value is -2.47. The monoisotopic (exact) mass is 270 g/mol. The molecule has 5 nitrogen and oxygen atoms in total. The number of carbonyl (C=O) groups excluding carboxylic acids is 1. The Labute approximate surface area is 113 Å². The van der Waals surface area contributed by atoms with E-state index in [1.165, 1.54) is 0 Å². The highest BCUT2D eigenvalue weighted by Gasteiger charge is 2.05. The number of imidazole rings is 1. The summed E-state index contributed by atoms with van der Waals surface area (Å²) in [5.41, 5.74) is 3.76. The molecule has 0 aliphatic carbocycles. The van der Waals surface area contributed by atoms with Gasteiger partial charge in [-0.05, 0) is 23.6 Å². The molecule has 0 fully saturated rings. The highest BCUT2D eigenvalue weighted by Crippen LogP contribution is 2.06. The van der Waals surface area contributed by atoms with Gasteiger partial charge in [0.1, 0.15) is 5.65 Å². The fourth-order valence-corrected chi connectivity index (χ4v) is 2.22. The van der Waals surface area contributed by atoms with Crippen molar-refractivity contribution in [3.8, 4) is 0 Å². The number of nitrogens with zero attached hydrogens (tertiary/aromatic N) is 3. The van der Waals surface area contributed by atoms with Crippen LogP contribution in [-0.4, -0.2) is 21.5 Å². The number of fused-ring (bicyclic) bond motifs is 1. The van der Waals surface area contributed by atoms with Gasteiger partial charge in [0.05, 0.1) is 6.21 Å². The van der Waals surface area contributed by atoms with E-state index in [0.717, 1.165) is 10.5 Å². The Morgan fingerprint density at radius 3 is 3.21 bits per heavy atom. The molecule has 0 saturated heterocycles. The van der Waals surface area contributed by atoms with Crippen LogP contribution in [0.5, 0.6) is 0 Å². The first kappa shape index (κ1) is 11.6. The molecule has 0 atom stereocenters. The molecule has 1 amide bonds.